The van der Waals surface area contributed by atoms with E-state index in [2.05, 4.69) is 13.8 Å². The van der Waals surface area contributed by atoms with Gasteiger partial charge in [-0.25, -0.2) is 14.3 Å². The minimum absolute atomic E-state index is 0. The molecule has 0 unspecified atom stereocenters. The van der Waals surface area contributed by atoms with Gasteiger partial charge in [0.2, 0.25) is 0 Å². The second-order valence-electron chi connectivity index (χ2n) is 4.49. The molecule has 1 aromatic carbocycles. The number of unbranched alkanes of at least 4 members (excludes halogenated alkanes) is 2. The summed E-state index contributed by atoms with van der Waals surface area (Å²) >= 11 is 0.149. The minimum atomic E-state index is -1.20. The van der Waals surface area contributed by atoms with Gasteiger partial charge in [0.1, 0.15) is 17.2 Å². The van der Waals surface area contributed by atoms with Crippen LogP contribution in [0.5, 0.6) is 0 Å². The second-order valence-corrected chi connectivity index (χ2v) is 8.78. The first kappa shape index (κ1) is 23.9. The van der Waals surface area contributed by atoms with Crippen LogP contribution in [-0.4, -0.2) is 32.3 Å². The Bertz CT molecular complexity index is 396. The number of rotatable bonds is 7. The Labute approximate surface area is 147 Å². The molecule has 0 fully saturated rings. The summed E-state index contributed by atoms with van der Waals surface area (Å²) in [4.78, 5) is 10.6. The van der Waals surface area contributed by atoms with Crippen molar-refractivity contribution in [1.29, 1.82) is 0 Å². The SMILES string of the molecule is CCC[CH2][Sn+2][CH2]CCC.O=C(NO)c1c(F)cccc1F.[Cl-]. The smallest absolute Gasteiger partial charge is 0.280 e. The summed E-state index contributed by atoms with van der Waals surface area (Å²) in [6.45, 7) is 4.58. The molecule has 2 N–H and O–H groups in total. The van der Waals surface area contributed by atoms with E-state index < -0.39 is 23.1 Å². The number of hydrogen-bond acceptors (Lipinski definition) is 2. The maximum Gasteiger partial charge on any atom is 0.280 e. The number of benzene rings is 1. The van der Waals surface area contributed by atoms with E-state index in [9.17, 15) is 13.6 Å². The van der Waals surface area contributed by atoms with Gasteiger partial charge in [0.15, 0.2) is 0 Å². The van der Waals surface area contributed by atoms with E-state index in [1.807, 2.05) is 0 Å². The van der Waals surface area contributed by atoms with Crippen molar-refractivity contribution < 1.29 is 31.2 Å². The fraction of sp³-hybridized carbons (Fsp3) is 0.533. The zero-order chi connectivity index (χ0) is 16.1. The zero-order valence-corrected chi connectivity index (χ0v) is 16.6. The molecule has 0 heterocycles. The molecule has 0 atom stereocenters. The van der Waals surface area contributed by atoms with Gasteiger partial charge in [0.05, 0.1) is 0 Å². The summed E-state index contributed by atoms with van der Waals surface area (Å²) in [6, 6.07) is 2.97. The van der Waals surface area contributed by atoms with E-state index in [4.69, 9.17) is 5.21 Å². The summed E-state index contributed by atoms with van der Waals surface area (Å²) in [5.41, 5.74) is 0.352. The van der Waals surface area contributed by atoms with Crippen molar-refractivity contribution in [2.75, 3.05) is 0 Å². The first-order valence-corrected chi connectivity index (χ1v) is 11.2. The second kappa shape index (κ2) is 15.5. The van der Waals surface area contributed by atoms with Crippen LogP contribution >= 0.6 is 0 Å². The first-order valence-electron chi connectivity index (χ1n) is 7.17. The maximum absolute atomic E-state index is 12.7. The number of nitrogens with one attached hydrogen (secondary N) is 1. The van der Waals surface area contributed by atoms with E-state index in [0.29, 0.717) is 0 Å². The molecule has 3 nitrogen and oxygen atoms in total. The van der Waals surface area contributed by atoms with Crippen molar-refractivity contribution in [2.45, 2.75) is 48.4 Å². The number of carbonyl (C=O) groups is 1. The van der Waals surface area contributed by atoms with Crippen LogP contribution in [0.4, 0.5) is 8.78 Å². The van der Waals surface area contributed by atoms with Crippen LogP contribution in [-0.2, 0) is 0 Å². The van der Waals surface area contributed by atoms with Gasteiger partial charge in [0, 0.05) is 0 Å². The molecule has 1 rings (SSSR count). The molecule has 7 heteroatoms. The van der Waals surface area contributed by atoms with Gasteiger partial charge >= 0.3 is 69.5 Å². The summed E-state index contributed by atoms with van der Waals surface area (Å²) in [5.74, 6) is -3.23. The summed E-state index contributed by atoms with van der Waals surface area (Å²) < 4.78 is 28.6. The Hall–Kier alpha value is -0.401. The van der Waals surface area contributed by atoms with Gasteiger partial charge < -0.3 is 12.4 Å². The molecule has 22 heavy (non-hydrogen) atoms. The fourth-order valence-corrected chi connectivity index (χ4v) is 5.66. The van der Waals surface area contributed by atoms with Crippen LogP contribution in [0.1, 0.15) is 49.9 Å². The number of hydroxylamine groups is 1. The van der Waals surface area contributed by atoms with Gasteiger partial charge in [-0.2, -0.15) is 0 Å². The van der Waals surface area contributed by atoms with Crippen LogP contribution in [0.3, 0.4) is 0 Å². The van der Waals surface area contributed by atoms with Crippen molar-refractivity contribution in [1.82, 2.24) is 5.48 Å². The minimum Gasteiger partial charge on any atom is -1.00 e. The Kier molecular flexibility index (Phi) is 16.8. The normalized spacial score (nSPS) is 8.95. The largest absolute Gasteiger partial charge is 1.00 e. The standard InChI is InChI=1S/C7H5F2NO2.2C4H9.ClH.Sn/c8-4-2-1-3-5(9)6(4)7(11)10-12;2*1-3-4-2;;/h1-3,12H,(H,10,11);2*1,3-4H2,2H3;1H;/q;;;;+2/p-1. The molecule has 0 saturated carbocycles. The Morgan fingerprint density at radius 3 is 1.95 bits per heavy atom. The predicted octanol–water partition coefficient (Wildman–Crippen LogP) is 1.22. The van der Waals surface area contributed by atoms with Crippen molar-refractivity contribution in [3.05, 3.63) is 35.4 Å². The first-order chi connectivity index (χ1) is 10.1. The predicted molar refractivity (Wildman–Crippen MR) is 80.8 cm³/mol. The van der Waals surface area contributed by atoms with Crippen LogP contribution in [0.15, 0.2) is 18.2 Å². The molecule has 0 aliphatic rings. The number of hydrogen-bond donors (Lipinski definition) is 2. The molecular weight excluding hydrogens is 418 g/mol. The average molecular weight is 442 g/mol. The van der Waals surface area contributed by atoms with Crippen molar-refractivity contribution in [3.8, 4) is 0 Å². The summed E-state index contributed by atoms with van der Waals surface area (Å²) in [7, 11) is 0. The number of amides is 1. The van der Waals surface area contributed by atoms with E-state index in [-0.39, 0.29) is 33.5 Å². The Morgan fingerprint density at radius 2 is 1.59 bits per heavy atom. The number of halogens is 3. The Balaban J connectivity index is 0. The van der Waals surface area contributed by atoms with E-state index in [0.717, 1.165) is 23.7 Å². The Morgan fingerprint density at radius 1 is 1.14 bits per heavy atom. The molecule has 0 radical (unpaired) electrons. The van der Waals surface area contributed by atoms with Gasteiger partial charge in [-0.05, 0) is 12.1 Å². The van der Waals surface area contributed by atoms with Crippen LogP contribution in [0.25, 0.3) is 0 Å². The molecule has 1 amide bonds. The maximum atomic E-state index is 12.7. The van der Waals surface area contributed by atoms with Crippen molar-refractivity contribution >= 4 is 27.0 Å². The van der Waals surface area contributed by atoms with Gasteiger partial charge in [-0.15, -0.1) is 0 Å². The zero-order valence-electron chi connectivity index (χ0n) is 13.0. The van der Waals surface area contributed by atoms with Gasteiger partial charge in [-0.1, -0.05) is 6.07 Å². The fourth-order valence-electron chi connectivity index (χ4n) is 1.50. The van der Waals surface area contributed by atoms with E-state index >= 15 is 0 Å². The van der Waals surface area contributed by atoms with Crippen molar-refractivity contribution in [2.24, 2.45) is 0 Å². The van der Waals surface area contributed by atoms with E-state index in [1.165, 1.54) is 25.7 Å². The third kappa shape index (κ3) is 10.3. The molecular formula is C15H23ClF2NO2Sn+. The summed E-state index contributed by atoms with van der Waals surface area (Å²) in [6.07, 6.45) is 5.84. The third-order valence-corrected chi connectivity index (χ3v) is 6.74. The van der Waals surface area contributed by atoms with Crippen LogP contribution in [0.2, 0.25) is 8.87 Å². The molecule has 0 aliphatic carbocycles. The van der Waals surface area contributed by atoms with Crippen molar-refractivity contribution in [3.63, 3.8) is 0 Å². The number of carbonyl (C=O) groups excluding carboxylic acids is 1. The molecule has 0 aromatic heterocycles. The molecule has 0 bridgehead atoms. The van der Waals surface area contributed by atoms with Crippen LogP contribution in [0, 0.1) is 11.6 Å². The molecule has 0 aliphatic heterocycles. The molecule has 0 spiro atoms. The van der Waals surface area contributed by atoms with Crippen LogP contribution < -0.4 is 17.9 Å². The molecule has 124 valence electrons. The quantitative estimate of drug-likeness (QED) is 0.289. The van der Waals surface area contributed by atoms with Gasteiger partial charge in [0.25, 0.3) is 5.91 Å². The van der Waals surface area contributed by atoms with E-state index in [1.54, 1.807) is 8.87 Å². The third-order valence-electron chi connectivity index (χ3n) is 2.71. The topological polar surface area (TPSA) is 49.3 Å². The van der Waals surface area contributed by atoms with Gasteiger partial charge in [-0.3, -0.25) is 10.0 Å². The molecule has 0 saturated heterocycles. The average Bonchev–Trinajstić information content (AvgIpc) is 2.47. The summed E-state index contributed by atoms with van der Waals surface area (Å²) in [5, 5.41) is 8.10. The molecule has 1 aromatic rings. The monoisotopic (exact) mass is 442 g/mol.